The van der Waals surface area contributed by atoms with Crippen LogP contribution in [0.15, 0.2) is 29.2 Å². The molecule has 0 aliphatic heterocycles. The van der Waals surface area contributed by atoms with Crippen LogP contribution in [-0.2, 0) is 10.0 Å². The standard InChI is InChI=1S/C14H24N2O2S/c1-5-8-12(4)15-13-9-6-7-10-14(13)19(17,18)16-11(2)3/h6-7,9-12,15-16H,5,8H2,1-4H3. The van der Waals surface area contributed by atoms with Crippen molar-refractivity contribution in [3.05, 3.63) is 24.3 Å². The maximum absolute atomic E-state index is 12.3. The molecule has 0 radical (unpaired) electrons. The molecule has 0 spiro atoms. The smallest absolute Gasteiger partial charge is 0.242 e. The molecule has 0 aromatic heterocycles. The van der Waals surface area contributed by atoms with Gasteiger partial charge >= 0.3 is 0 Å². The van der Waals surface area contributed by atoms with E-state index < -0.39 is 10.0 Å². The summed E-state index contributed by atoms with van der Waals surface area (Å²) in [5.41, 5.74) is 0.664. The number of hydrogen-bond acceptors (Lipinski definition) is 3. The van der Waals surface area contributed by atoms with Crippen molar-refractivity contribution in [1.29, 1.82) is 0 Å². The maximum atomic E-state index is 12.3. The first kappa shape index (κ1) is 16.0. The number of hydrogen-bond donors (Lipinski definition) is 2. The second-order valence-corrected chi connectivity index (χ2v) is 6.79. The number of anilines is 1. The third-order valence-corrected chi connectivity index (χ3v) is 4.41. The van der Waals surface area contributed by atoms with Gasteiger partial charge < -0.3 is 5.32 Å². The SMILES string of the molecule is CCCC(C)Nc1ccccc1S(=O)(=O)NC(C)C. The lowest BCUT2D eigenvalue weighted by atomic mass is 10.2. The van der Waals surface area contributed by atoms with Crippen LogP contribution in [0, 0.1) is 0 Å². The fourth-order valence-corrected chi connectivity index (χ4v) is 3.39. The molecule has 0 amide bonds. The van der Waals surface area contributed by atoms with E-state index in [1.165, 1.54) is 0 Å². The monoisotopic (exact) mass is 284 g/mol. The molecule has 1 aromatic carbocycles. The molecule has 0 saturated carbocycles. The summed E-state index contributed by atoms with van der Waals surface area (Å²) >= 11 is 0. The van der Waals surface area contributed by atoms with Crippen LogP contribution in [0.3, 0.4) is 0 Å². The first-order valence-corrected chi connectivity index (χ1v) is 8.23. The molecule has 1 rings (SSSR count). The Morgan fingerprint density at radius 1 is 1.16 bits per heavy atom. The van der Waals surface area contributed by atoms with Crippen LogP contribution in [0.25, 0.3) is 0 Å². The maximum Gasteiger partial charge on any atom is 0.242 e. The molecule has 108 valence electrons. The van der Waals surface area contributed by atoms with Gasteiger partial charge in [0.2, 0.25) is 10.0 Å². The first-order chi connectivity index (χ1) is 8.86. The minimum atomic E-state index is -3.46. The van der Waals surface area contributed by atoms with Crippen molar-refractivity contribution in [2.24, 2.45) is 0 Å². The van der Waals surface area contributed by atoms with Gasteiger partial charge in [-0.3, -0.25) is 0 Å². The van der Waals surface area contributed by atoms with Gasteiger partial charge in [-0.15, -0.1) is 0 Å². The summed E-state index contributed by atoms with van der Waals surface area (Å²) in [5, 5.41) is 3.27. The van der Waals surface area contributed by atoms with Gasteiger partial charge in [-0.05, 0) is 39.3 Å². The van der Waals surface area contributed by atoms with E-state index in [4.69, 9.17) is 0 Å². The van der Waals surface area contributed by atoms with E-state index in [0.717, 1.165) is 12.8 Å². The van der Waals surface area contributed by atoms with Crippen molar-refractivity contribution >= 4 is 15.7 Å². The quantitative estimate of drug-likeness (QED) is 0.809. The normalized spacial score (nSPS) is 13.5. The molecule has 1 unspecified atom stereocenters. The highest BCUT2D eigenvalue weighted by Crippen LogP contribution is 2.22. The Morgan fingerprint density at radius 3 is 2.37 bits per heavy atom. The van der Waals surface area contributed by atoms with Crippen molar-refractivity contribution in [2.45, 2.75) is 57.5 Å². The Morgan fingerprint density at radius 2 is 1.79 bits per heavy atom. The molecule has 0 heterocycles. The Kier molecular flexibility index (Phi) is 5.82. The molecule has 2 N–H and O–H groups in total. The first-order valence-electron chi connectivity index (χ1n) is 6.74. The highest BCUT2D eigenvalue weighted by molar-refractivity contribution is 7.89. The molecule has 1 aromatic rings. The van der Waals surface area contributed by atoms with Gasteiger partial charge in [0.1, 0.15) is 4.90 Å². The zero-order chi connectivity index (χ0) is 14.5. The third kappa shape index (κ3) is 4.84. The lowest BCUT2D eigenvalue weighted by Gasteiger charge is -2.18. The number of para-hydroxylation sites is 1. The second-order valence-electron chi connectivity index (χ2n) is 5.11. The highest BCUT2D eigenvalue weighted by Gasteiger charge is 2.19. The fraction of sp³-hybridized carbons (Fsp3) is 0.571. The van der Waals surface area contributed by atoms with Gasteiger partial charge in [0, 0.05) is 12.1 Å². The van der Waals surface area contributed by atoms with Crippen molar-refractivity contribution in [1.82, 2.24) is 4.72 Å². The highest BCUT2D eigenvalue weighted by atomic mass is 32.2. The summed E-state index contributed by atoms with van der Waals surface area (Å²) in [6.45, 7) is 7.80. The van der Waals surface area contributed by atoms with Crippen LogP contribution in [0.5, 0.6) is 0 Å². The zero-order valence-corrected chi connectivity index (χ0v) is 12.9. The van der Waals surface area contributed by atoms with Crippen LogP contribution in [0.1, 0.15) is 40.5 Å². The molecule has 0 bridgehead atoms. The van der Waals surface area contributed by atoms with Gasteiger partial charge in [0.05, 0.1) is 5.69 Å². The molecule has 4 nitrogen and oxygen atoms in total. The zero-order valence-electron chi connectivity index (χ0n) is 12.1. The lowest BCUT2D eigenvalue weighted by Crippen LogP contribution is -2.31. The lowest BCUT2D eigenvalue weighted by molar-refractivity contribution is 0.570. The van der Waals surface area contributed by atoms with Crippen LogP contribution in [-0.4, -0.2) is 20.5 Å². The second kappa shape index (κ2) is 6.91. The molecule has 19 heavy (non-hydrogen) atoms. The fourth-order valence-electron chi connectivity index (χ4n) is 1.96. The molecule has 0 saturated heterocycles. The molecular weight excluding hydrogens is 260 g/mol. The molecular formula is C14H24N2O2S. The Balaban J connectivity index is 3.02. The Bertz CT molecular complexity index is 498. The minimum absolute atomic E-state index is 0.119. The number of rotatable bonds is 7. The molecule has 0 fully saturated rings. The summed E-state index contributed by atoms with van der Waals surface area (Å²) in [4.78, 5) is 0.312. The molecule has 5 heteroatoms. The van der Waals surface area contributed by atoms with Crippen LogP contribution < -0.4 is 10.0 Å². The number of benzene rings is 1. The average molecular weight is 284 g/mol. The average Bonchev–Trinajstić information content (AvgIpc) is 2.28. The summed E-state index contributed by atoms with van der Waals surface area (Å²) in [5.74, 6) is 0. The van der Waals surface area contributed by atoms with Gasteiger partial charge in [-0.25, -0.2) is 13.1 Å². The Labute approximate surface area is 116 Å². The van der Waals surface area contributed by atoms with Crippen molar-refractivity contribution in [2.75, 3.05) is 5.32 Å². The van der Waals surface area contributed by atoms with Gasteiger partial charge in [-0.1, -0.05) is 25.5 Å². The van der Waals surface area contributed by atoms with E-state index in [1.54, 1.807) is 18.2 Å². The van der Waals surface area contributed by atoms with Crippen LogP contribution in [0.2, 0.25) is 0 Å². The molecule has 0 aliphatic carbocycles. The predicted octanol–water partition coefficient (Wildman–Crippen LogP) is 2.97. The summed E-state index contributed by atoms with van der Waals surface area (Å²) < 4.78 is 27.1. The van der Waals surface area contributed by atoms with E-state index in [-0.39, 0.29) is 12.1 Å². The predicted molar refractivity (Wildman–Crippen MR) is 79.9 cm³/mol. The molecule has 0 aliphatic rings. The number of sulfonamides is 1. The third-order valence-electron chi connectivity index (χ3n) is 2.69. The number of nitrogens with one attached hydrogen (secondary N) is 2. The summed E-state index contributed by atoms with van der Waals surface area (Å²) in [7, 11) is -3.46. The van der Waals surface area contributed by atoms with E-state index >= 15 is 0 Å². The topological polar surface area (TPSA) is 58.2 Å². The van der Waals surface area contributed by atoms with Gasteiger partial charge in [-0.2, -0.15) is 0 Å². The van der Waals surface area contributed by atoms with Crippen molar-refractivity contribution in [3.63, 3.8) is 0 Å². The van der Waals surface area contributed by atoms with Crippen molar-refractivity contribution < 1.29 is 8.42 Å². The minimum Gasteiger partial charge on any atom is -0.381 e. The van der Waals surface area contributed by atoms with E-state index in [0.29, 0.717) is 10.6 Å². The van der Waals surface area contributed by atoms with E-state index in [2.05, 4.69) is 23.9 Å². The van der Waals surface area contributed by atoms with Crippen molar-refractivity contribution in [3.8, 4) is 0 Å². The summed E-state index contributed by atoms with van der Waals surface area (Å²) in [6.07, 6.45) is 2.07. The van der Waals surface area contributed by atoms with E-state index in [9.17, 15) is 8.42 Å². The Hall–Kier alpha value is -1.07. The summed E-state index contributed by atoms with van der Waals surface area (Å²) in [6, 6.07) is 7.15. The van der Waals surface area contributed by atoms with Crippen LogP contribution >= 0.6 is 0 Å². The van der Waals surface area contributed by atoms with Gasteiger partial charge in [0.25, 0.3) is 0 Å². The van der Waals surface area contributed by atoms with Crippen LogP contribution in [0.4, 0.5) is 5.69 Å². The van der Waals surface area contributed by atoms with Gasteiger partial charge in [0.15, 0.2) is 0 Å². The molecule has 1 atom stereocenters. The van der Waals surface area contributed by atoms with E-state index in [1.807, 2.05) is 19.9 Å². The largest absolute Gasteiger partial charge is 0.381 e.